The van der Waals surface area contributed by atoms with Gasteiger partial charge in [-0.1, -0.05) is 54.1 Å². The van der Waals surface area contributed by atoms with Crippen molar-refractivity contribution in [3.63, 3.8) is 0 Å². The van der Waals surface area contributed by atoms with E-state index in [4.69, 9.17) is 9.47 Å². The van der Waals surface area contributed by atoms with E-state index in [1.807, 2.05) is 37.3 Å². The molecule has 0 radical (unpaired) electrons. The summed E-state index contributed by atoms with van der Waals surface area (Å²) in [4.78, 5) is 12.6. The number of hydrogen-bond acceptors (Lipinski definition) is 5. The van der Waals surface area contributed by atoms with Crippen LogP contribution in [0.3, 0.4) is 0 Å². The molecule has 1 amide bonds. The number of rotatable bonds is 6. The van der Waals surface area contributed by atoms with Gasteiger partial charge >= 0.3 is 6.09 Å². The Kier molecular flexibility index (Phi) is 5.66. The monoisotopic (exact) mass is 427 g/mol. The number of cyclic esters (lactones) is 1. The highest BCUT2D eigenvalue weighted by molar-refractivity contribution is 7.89. The van der Waals surface area contributed by atoms with Gasteiger partial charge < -0.3 is 9.47 Å². The first kappa shape index (κ1) is 20.6. The minimum absolute atomic E-state index is 0.0209. The third kappa shape index (κ3) is 3.75. The van der Waals surface area contributed by atoms with Crippen molar-refractivity contribution >= 4 is 16.1 Å². The van der Waals surface area contributed by atoms with E-state index in [1.165, 1.54) is 12.1 Å². The molecule has 2 fully saturated rings. The average Bonchev–Trinajstić information content (AvgIpc) is 3.33. The fourth-order valence-electron chi connectivity index (χ4n) is 4.27. The van der Waals surface area contributed by atoms with Gasteiger partial charge in [-0.2, -0.15) is 4.31 Å². The number of nitrogens with zero attached hydrogens (tertiary/aromatic N) is 1. The standard InChI is InChI=1S/C23H25NO5S/c1-3-7-21-19(14-22(29-21)17-8-5-4-6-9-17)20-15-28-23(25)24(20)30(26,27)18-12-10-16(2)11-13-18/h3-6,8-13,19-22H,1,7,14-15H2,2H3/t19-,20+,21-,22-/m1/s1. The van der Waals surface area contributed by atoms with Gasteiger partial charge in [-0.3, -0.25) is 0 Å². The first-order valence-corrected chi connectivity index (χ1v) is 11.4. The van der Waals surface area contributed by atoms with Crippen LogP contribution in [0.4, 0.5) is 4.79 Å². The third-order valence-electron chi connectivity index (χ3n) is 5.80. The fourth-order valence-corrected chi connectivity index (χ4v) is 5.80. The van der Waals surface area contributed by atoms with Crippen LogP contribution >= 0.6 is 0 Å². The van der Waals surface area contributed by atoms with Crippen LogP contribution in [-0.4, -0.2) is 37.6 Å². The Bertz CT molecular complexity index is 1020. The summed E-state index contributed by atoms with van der Waals surface area (Å²) in [5, 5.41) is 0. The summed E-state index contributed by atoms with van der Waals surface area (Å²) in [5.41, 5.74) is 1.97. The van der Waals surface area contributed by atoms with Crippen LogP contribution in [-0.2, 0) is 19.5 Å². The van der Waals surface area contributed by atoms with Crippen molar-refractivity contribution in [2.75, 3.05) is 6.61 Å². The van der Waals surface area contributed by atoms with Gasteiger partial charge in [-0.15, -0.1) is 6.58 Å². The average molecular weight is 428 g/mol. The lowest BCUT2D eigenvalue weighted by Gasteiger charge is -2.28. The molecule has 0 saturated carbocycles. The van der Waals surface area contributed by atoms with Crippen molar-refractivity contribution in [1.82, 2.24) is 4.31 Å². The van der Waals surface area contributed by atoms with Crippen LogP contribution < -0.4 is 0 Å². The summed E-state index contributed by atoms with van der Waals surface area (Å²) >= 11 is 0. The Hall–Kier alpha value is -2.64. The SMILES string of the molecule is C=CC[C@H]1O[C@@H](c2ccccc2)C[C@@H]1[C@@H]1COC(=O)N1S(=O)(=O)c1ccc(C)cc1. The van der Waals surface area contributed by atoms with Gasteiger partial charge in [-0.05, 0) is 37.5 Å². The molecule has 0 aliphatic carbocycles. The molecule has 0 aromatic heterocycles. The van der Waals surface area contributed by atoms with Crippen molar-refractivity contribution in [1.29, 1.82) is 0 Å². The Morgan fingerprint density at radius 1 is 1.13 bits per heavy atom. The van der Waals surface area contributed by atoms with E-state index in [1.54, 1.807) is 18.2 Å². The molecule has 6 nitrogen and oxygen atoms in total. The van der Waals surface area contributed by atoms with Crippen LogP contribution in [0.2, 0.25) is 0 Å². The largest absolute Gasteiger partial charge is 0.446 e. The zero-order valence-electron chi connectivity index (χ0n) is 16.8. The van der Waals surface area contributed by atoms with Crippen molar-refractivity contribution < 1.29 is 22.7 Å². The number of carbonyl (C=O) groups is 1. The number of sulfonamides is 1. The molecule has 2 aliphatic heterocycles. The van der Waals surface area contributed by atoms with Gasteiger partial charge in [0.05, 0.1) is 23.1 Å². The lowest BCUT2D eigenvalue weighted by atomic mass is 9.89. The fraction of sp³-hybridized carbons (Fsp3) is 0.348. The van der Waals surface area contributed by atoms with E-state index < -0.39 is 22.2 Å². The normalized spacial score (nSPS) is 26.6. The van der Waals surface area contributed by atoms with E-state index in [-0.39, 0.29) is 29.6 Å². The highest BCUT2D eigenvalue weighted by atomic mass is 32.2. The Morgan fingerprint density at radius 2 is 1.83 bits per heavy atom. The summed E-state index contributed by atoms with van der Waals surface area (Å²) in [7, 11) is -4.03. The van der Waals surface area contributed by atoms with Crippen molar-refractivity contribution in [2.45, 2.75) is 42.9 Å². The van der Waals surface area contributed by atoms with E-state index in [9.17, 15) is 13.2 Å². The molecule has 30 heavy (non-hydrogen) atoms. The molecular formula is C23H25NO5S. The number of aryl methyl sites for hydroxylation is 1. The van der Waals surface area contributed by atoms with Crippen LogP contribution in [0.5, 0.6) is 0 Å². The Labute approximate surface area is 177 Å². The summed E-state index contributed by atoms with van der Waals surface area (Å²) < 4.78 is 39.0. The summed E-state index contributed by atoms with van der Waals surface area (Å²) in [6.07, 6.45) is 1.69. The number of ether oxygens (including phenoxy) is 2. The molecule has 0 bridgehead atoms. The number of carbonyl (C=O) groups excluding carboxylic acids is 1. The molecule has 2 aromatic carbocycles. The van der Waals surface area contributed by atoms with Crippen LogP contribution in [0.15, 0.2) is 72.1 Å². The molecule has 0 unspecified atom stereocenters. The molecule has 2 heterocycles. The van der Waals surface area contributed by atoms with E-state index in [0.29, 0.717) is 12.8 Å². The third-order valence-corrected chi connectivity index (χ3v) is 7.61. The Balaban J connectivity index is 1.66. The first-order valence-electron chi connectivity index (χ1n) is 10.0. The van der Waals surface area contributed by atoms with Gasteiger partial charge in [0.2, 0.25) is 0 Å². The minimum atomic E-state index is -4.03. The van der Waals surface area contributed by atoms with E-state index >= 15 is 0 Å². The Morgan fingerprint density at radius 3 is 2.50 bits per heavy atom. The zero-order valence-corrected chi connectivity index (χ0v) is 17.6. The lowest BCUT2D eigenvalue weighted by Crippen LogP contribution is -2.45. The molecule has 2 aromatic rings. The topological polar surface area (TPSA) is 72.9 Å². The van der Waals surface area contributed by atoms with Crippen LogP contribution in [0.25, 0.3) is 0 Å². The van der Waals surface area contributed by atoms with Gasteiger partial charge in [0.1, 0.15) is 6.61 Å². The van der Waals surface area contributed by atoms with Crippen LogP contribution in [0.1, 0.15) is 30.1 Å². The second-order valence-corrected chi connectivity index (χ2v) is 9.57. The lowest BCUT2D eigenvalue weighted by molar-refractivity contribution is 0.0292. The highest BCUT2D eigenvalue weighted by Crippen LogP contribution is 2.43. The first-order chi connectivity index (χ1) is 14.4. The number of hydrogen-bond donors (Lipinski definition) is 0. The molecule has 2 aliphatic rings. The maximum absolute atomic E-state index is 13.3. The van der Waals surface area contributed by atoms with Gasteiger partial charge in [0.25, 0.3) is 10.0 Å². The predicted molar refractivity (Wildman–Crippen MR) is 112 cm³/mol. The van der Waals surface area contributed by atoms with Gasteiger partial charge in [-0.25, -0.2) is 13.2 Å². The number of amides is 1. The highest BCUT2D eigenvalue weighted by Gasteiger charge is 2.51. The molecule has 0 spiro atoms. The quantitative estimate of drug-likeness (QED) is 0.645. The van der Waals surface area contributed by atoms with Gasteiger partial charge in [0.15, 0.2) is 0 Å². The van der Waals surface area contributed by atoms with Crippen molar-refractivity contribution in [3.05, 3.63) is 78.4 Å². The molecule has 4 atom stereocenters. The summed E-state index contributed by atoms with van der Waals surface area (Å²) in [6, 6.07) is 15.7. The molecule has 2 saturated heterocycles. The van der Waals surface area contributed by atoms with E-state index in [0.717, 1.165) is 15.4 Å². The van der Waals surface area contributed by atoms with Crippen molar-refractivity contribution in [3.8, 4) is 0 Å². The smallest absolute Gasteiger partial charge is 0.424 e. The second kappa shape index (κ2) is 8.24. The minimum Gasteiger partial charge on any atom is -0.446 e. The molecule has 7 heteroatoms. The number of benzene rings is 2. The zero-order chi connectivity index (χ0) is 21.3. The maximum Gasteiger partial charge on any atom is 0.424 e. The second-order valence-electron chi connectivity index (χ2n) is 7.76. The van der Waals surface area contributed by atoms with Crippen molar-refractivity contribution in [2.24, 2.45) is 5.92 Å². The summed E-state index contributed by atoms with van der Waals surface area (Å²) in [6.45, 7) is 5.71. The molecule has 4 rings (SSSR count). The molecular weight excluding hydrogens is 402 g/mol. The molecule has 0 N–H and O–H groups in total. The maximum atomic E-state index is 13.3. The van der Waals surface area contributed by atoms with Gasteiger partial charge in [0, 0.05) is 5.92 Å². The van der Waals surface area contributed by atoms with E-state index in [2.05, 4.69) is 6.58 Å². The predicted octanol–water partition coefficient (Wildman–Crippen LogP) is 4.23. The van der Waals surface area contributed by atoms with Crippen LogP contribution in [0, 0.1) is 12.8 Å². The molecule has 158 valence electrons. The summed E-state index contributed by atoms with van der Waals surface area (Å²) in [5.74, 6) is -0.195.